The fourth-order valence-electron chi connectivity index (χ4n) is 2.18. The van der Waals surface area contributed by atoms with Crippen LogP contribution < -0.4 is 4.40 Å². The molecule has 0 bridgehead atoms. The van der Waals surface area contributed by atoms with Gasteiger partial charge in [-0.05, 0) is 0 Å². The number of phenols is 1. The van der Waals surface area contributed by atoms with Gasteiger partial charge >= 0.3 is 89.3 Å². The minimum absolute atomic E-state index is 0.383. The molecular formula is C12H20GeO. The van der Waals surface area contributed by atoms with E-state index in [4.69, 9.17) is 0 Å². The summed E-state index contributed by atoms with van der Waals surface area (Å²) in [5.74, 6) is 0.383. The molecule has 1 aromatic rings. The predicted octanol–water partition coefficient (Wildman–Crippen LogP) is 3.11. The quantitative estimate of drug-likeness (QED) is 0.817. The van der Waals surface area contributed by atoms with Gasteiger partial charge in [0.25, 0.3) is 0 Å². The van der Waals surface area contributed by atoms with E-state index in [1.54, 1.807) is 0 Å². The van der Waals surface area contributed by atoms with Crippen LogP contribution in [0.25, 0.3) is 0 Å². The van der Waals surface area contributed by atoms with E-state index in [0.717, 1.165) is 0 Å². The molecule has 0 aliphatic carbocycles. The molecule has 0 aliphatic heterocycles. The molecule has 1 N–H and O–H groups in total. The second-order valence-electron chi connectivity index (χ2n) is 3.89. The Labute approximate surface area is 89.5 Å². The molecule has 0 spiro atoms. The first-order chi connectivity index (χ1) is 6.68. The monoisotopic (exact) mass is 254 g/mol. The van der Waals surface area contributed by atoms with Crippen molar-refractivity contribution in [3.05, 3.63) is 24.3 Å². The fraction of sp³-hybridized carbons (Fsp3) is 0.500. The zero-order chi connectivity index (χ0) is 10.6. The molecule has 1 rings (SSSR count). The van der Waals surface area contributed by atoms with E-state index >= 15 is 0 Å². The molecular weight excluding hydrogens is 233 g/mol. The summed E-state index contributed by atoms with van der Waals surface area (Å²) in [5, 5.41) is 13.3. The van der Waals surface area contributed by atoms with Crippen LogP contribution in [0, 0.1) is 0 Å². The van der Waals surface area contributed by atoms with Crippen LogP contribution in [-0.4, -0.2) is 18.4 Å². The molecule has 1 aromatic carbocycles. The van der Waals surface area contributed by atoms with Gasteiger partial charge in [-0.25, -0.2) is 0 Å². The van der Waals surface area contributed by atoms with Crippen molar-refractivity contribution in [2.75, 3.05) is 0 Å². The Kier molecular flexibility index (Phi) is 4.05. The Balaban J connectivity index is 3.05. The molecule has 0 fully saturated rings. The van der Waals surface area contributed by atoms with Crippen molar-refractivity contribution in [2.45, 2.75) is 36.5 Å². The van der Waals surface area contributed by atoms with Crippen LogP contribution >= 0.6 is 0 Å². The molecule has 0 saturated heterocycles. The first-order valence-corrected chi connectivity index (χ1v) is 11.0. The molecule has 78 valence electrons. The standard InChI is InChI=1S/C12H20GeO/c1-4-13(5-2,6-3)11-7-9-12(14)10-8-11/h7-10,14H,4-6H2,1-3H3. The molecule has 0 unspecified atom stereocenters. The minimum atomic E-state index is -1.76. The Bertz CT molecular complexity index is 267. The average molecular weight is 253 g/mol. The summed E-state index contributed by atoms with van der Waals surface area (Å²) in [7, 11) is 0. The summed E-state index contributed by atoms with van der Waals surface area (Å²) < 4.78 is 1.54. The van der Waals surface area contributed by atoms with E-state index in [1.165, 1.54) is 20.2 Å². The summed E-state index contributed by atoms with van der Waals surface area (Å²) >= 11 is -1.76. The van der Waals surface area contributed by atoms with Crippen LogP contribution in [0.1, 0.15) is 20.8 Å². The second kappa shape index (κ2) is 4.87. The van der Waals surface area contributed by atoms with Crippen molar-refractivity contribution in [1.82, 2.24) is 0 Å². The molecule has 0 aromatic heterocycles. The van der Waals surface area contributed by atoms with Gasteiger partial charge in [0, 0.05) is 0 Å². The van der Waals surface area contributed by atoms with E-state index in [2.05, 4.69) is 32.9 Å². The molecule has 0 aliphatic rings. The van der Waals surface area contributed by atoms with Crippen LogP contribution in [0.2, 0.25) is 15.8 Å². The van der Waals surface area contributed by atoms with Gasteiger partial charge in [-0.2, -0.15) is 0 Å². The summed E-state index contributed by atoms with van der Waals surface area (Å²) in [4.78, 5) is 0. The molecule has 2 heteroatoms. The summed E-state index contributed by atoms with van der Waals surface area (Å²) in [6.07, 6.45) is 0. The van der Waals surface area contributed by atoms with Gasteiger partial charge in [0.15, 0.2) is 0 Å². The first kappa shape index (κ1) is 11.6. The molecule has 1 nitrogen and oxygen atoms in total. The maximum absolute atomic E-state index is 9.26. The second-order valence-corrected chi connectivity index (χ2v) is 14.9. The summed E-state index contributed by atoms with van der Waals surface area (Å²) in [6, 6.07) is 7.92. The van der Waals surface area contributed by atoms with Gasteiger partial charge < -0.3 is 0 Å². The van der Waals surface area contributed by atoms with Gasteiger partial charge in [-0.3, -0.25) is 0 Å². The van der Waals surface area contributed by atoms with E-state index < -0.39 is 13.3 Å². The number of hydrogen-bond donors (Lipinski definition) is 1. The van der Waals surface area contributed by atoms with Crippen LogP contribution in [0.5, 0.6) is 5.75 Å². The van der Waals surface area contributed by atoms with Gasteiger partial charge in [0.2, 0.25) is 0 Å². The third-order valence-corrected chi connectivity index (χ3v) is 15.3. The average Bonchev–Trinajstić information content (AvgIpc) is 2.24. The maximum atomic E-state index is 9.26. The zero-order valence-corrected chi connectivity index (χ0v) is 11.5. The number of hydrogen-bond acceptors (Lipinski definition) is 1. The molecule has 14 heavy (non-hydrogen) atoms. The van der Waals surface area contributed by atoms with Crippen molar-refractivity contribution >= 4 is 17.7 Å². The van der Waals surface area contributed by atoms with E-state index in [0.29, 0.717) is 5.75 Å². The number of aromatic hydroxyl groups is 1. The normalized spacial score (nSPS) is 11.6. The van der Waals surface area contributed by atoms with Crippen LogP contribution in [0.3, 0.4) is 0 Å². The van der Waals surface area contributed by atoms with Crippen molar-refractivity contribution in [2.24, 2.45) is 0 Å². The third-order valence-electron chi connectivity index (χ3n) is 3.51. The van der Waals surface area contributed by atoms with Crippen molar-refractivity contribution in [3.63, 3.8) is 0 Å². The Morgan fingerprint density at radius 3 is 1.71 bits per heavy atom. The van der Waals surface area contributed by atoms with E-state index in [9.17, 15) is 5.11 Å². The third kappa shape index (κ3) is 2.14. The molecule has 0 amide bonds. The van der Waals surface area contributed by atoms with Crippen molar-refractivity contribution in [1.29, 1.82) is 0 Å². The predicted molar refractivity (Wildman–Crippen MR) is 64.9 cm³/mol. The Morgan fingerprint density at radius 2 is 1.36 bits per heavy atom. The zero-order valence-electron chi connectivity index (χ0n) is 9.38. The van der Waals surface area contributed by atoms with Crippen molar-refractivity contribution in [3.8, 4) is 5.75 Å². The van der Waals surface area contributed by atoms with E-state index in [-0.39, 0.29) is 0 Å². The molecule has 0 atom stereocenters. The van der Waals surface area contributed by atoms with Gasteiger partial charge in [-0.15, -0.1) is 0 Å². The molecule has 0 radical (unpaired) electrons. The van der Waals surface area contributed by atoms with Gasteiger partial charge in [0.1, 0.15) is 0 Å². The summed E-state index contributed by atoms with van der Waals surface area (Å²) in [5.41, 5.74) is 0. The topological polar surface area (TPSA) is 20.2 Å². The van der Waals surface area contributed by atoms with Crippen molar-refractivity contribution < 1.29 is 5.11 Å². The van der Waals surface area contributed by atoms with Gasteiger partial charge in [-0.1, -0.05) is 0 Å². The van der Waals surface area contributed by atoms with Gasteiger partial charge in [0.05, 0.1) is 0 Å². The Morgan fingerprint density at radius 1 is 0.929 bits per heavy atom. The van der Waals surface area contributed by atoms with Crippen LogP contribution in [0.4, 0.5) is 0 Å². The molecule has 0 saturated carbocycles. The summed E-state index contributed by atoms with van der Waals surface area (Å²) in [6.45, 7) is 6.96. The first-order valence-electron chi connectivity index (χ1n) is 5.48. The number of benzene rings is 1. The number of phenolic OH excluding ortho intramolecular Hbond substituents is 1. The number of rotatable bonds is 4. The fourth-order valence-corrected chi connectivity index (χ4v) is 9.73. The van der Waals surface area contributed by atoms with Crippen LogP contribution in [0.15, 0.2) is 24.3 Å². The van der Waals surface area contributed by atoms with E-state index in [1.807, 2.05) is 12.1 Å². The molecule has 0 heterocycles. The Hall–Kier alpha value is -0.437. The van der Waals surface area contributed by atoms with Crippen LogP contribution in [-0.2, 0) is 0 Å². The SMILES string of the molecule is C[CH2][Ge]([CH2]C)([CH2]C)[c]1ccc(O)cc1.